The number of nitrogen functional groups attached to an aromatic ring is 1. The van der Waals surface area contributed by atoms with E-state index in [1.165, 1.54) is 6.20 Å². The summed E-state index contributed by atoms with van der Waals surface area (Å²) in [5.74, 6) is 0.600. The standard InChI is InChI=1S/C9H13N5.C2H6/c1-3-12-9(14-11-2)8-5-4-7(10)6-13-8;1-2/h3-6,11H,1,10H2,2H3,(H,12,14);1-2H3. The third kappa shape index (κ3) is 4.56. The van der Waals surface area contributed by atoms with Crippen LogP contribution in [0.5, 0.6) is 0 Å². The molecule has 1 heterocycles. The van der Waals surface area contributed by atoms with E-state index >= 15 is 0 Å². The van der Waals surface area contributed by atoms with E-state index in [9.17, 15) is 0 Å². The van der Waals surface area contributed by atoms with Gasteiger partial charge in [-0.2, -0.15) is 0 Å². The number of aliphatic imine (C=N–C) groups is 1. The molecule has 0 radical (unpaired) electrons. The predicted octanol–water partition coefficient (Wildman–Crippen LogP) is 1.30. The summed E-state index contributed by atoms with van der Waals surface area (Å²) < 4.78 is 0. The van der Waals surface area contributed by atoms with Gasteiger partial charge in [-0.1, -0.05) is 20.4 Å². The molecule has 1 aromatic heterocycles. The van der Waals surface area contributed by atoms with Gasteiger partial charge in [-0.3, -0.25) is 4.98 Å². The molecular formula is C11H19N5. The van der Waals surface area contributed by atoms with E-state index < -0.39 is 0 Å². The second-order valence-electron chi connectivity index (χ2n) is 2.51. The van der Waals surface area contributed by atoms with Crippen LogP contribution >= 0.6 is 0 Å². The highest BCUT2D eigenvalue weighted by Gasteiger charge is 2.01. The molecule has 16 heavy (non-hydrogen) atoms. The second kappa shape index (κ2) is 8.43. The number of nitrogens with two attached hydrogens (primary N) is 1. The Morgan fingerprint density at radius 2 is 2.19 bits per heavy atom. The van der Waals surface area contributed by atoms with Gasteiger partial charge >= 0.3 is 0 Å². The Hall–Kier alpha value is -1.88. The molecule has 0 spiro atoms. The summed E-state index contributed by atoms with van der Waals surface area (Å²) >= 11 is 0. The smallest absolute Gasteiger partial charge is 0.166 e. The average molecular weight is 221 g/mol. The van der Waals surface area contributed by atoms with Crippen LogP contribution in [0, 0.1) is 0 Å². The highest BCUT2D eigenvalue weighted by molar-refractivity contribution is 5.97. The number of rotatable bonds is 3. The summed E-state index contributed by atoms with van der Waals surface area (Å²) in [7, 11) is 1.75. The van der Waals surface area contributed by atoms with Crippen LogP contribution in [-0.2, 0) is 0 Å². The fraction of sp³-hybridized carbons (Fsp3) is 0.273. The number of pyridine rings is 1. The first-order valence-electron chi connectivity index (χ1n) is 5.11. The fourth-order valence-corrected chi connectivity index (χ4v) is 0.918. The van der Waals surface area contributed by atoms with E-state index in [2.05, 4.69) is 27.4 Å². The zero-order valence-electron chi connectivity index (χ0n) is 9.99. The van der Waals surface area contributed by atoms with Gasteiger partial charge in [0.15, 0.2) is 5.84 Å². The van der Waals surface area contributed by atoms with E-state index in [1.807, 2.05) is 13.8 Å². The number of anilines is 1. The van der Waals surface area contributed by atoms with Crippen molar-refractivity contribution in [1.29, 1.82) is 0 Å². The van der Waals surface area contributed by atoms with E-state index in [4.69, 9.17) is 5.73 Å². The van der Waals surface area contributed by atoms with Gasteiger partial charge < -0.3 is 11.2 Å². The number of nitrogens with zero attached hydrogens (tertiary/aromatic N) is 2. The van der Waals surface area contributed by atoms with E-state index in [1.54, 1.807) is 25.4 Å². The quantitative estimate of drug-likeness (QED) is 0.408. The van der Waals surface area contributed by atoms with E-state index in [0.717, 1.165) is 0 Å². The van der Waals surface area contributed by atoms with Crippen molar-refractivity contribution in [2.75, 3.05) is 12.8 Å². The van der Waals surface area contributed by atoms with Crippen molar-refractivity contribution >= 4 is 11.5 Å². The minimum absolute atomic E-state index is 0.600. The summed E-state index contributed by atoms with van der Waals surface area (Å²) in [5, 5.41) is 0. The molecule has 1 aromatic rings. The lowest BCUT2D eigenvalue weighted by Crippen LogP contribution is -2.35. The van der Waals surface area contributed by atoms with Crippen molar-refractivity contribution in [2.24, 2.45) is 4.99 Å². The Kier molecular flexibility index (Phi) is 7.44. The lowest BCUT2D eigenvalue weighted by Gasteiger charge is -2.06. The summed E-state index contributed by atoms with van der Waals surface area (Å²) in [6, 6.07) is 3.54. The van der Waals surface area contributed by atoms with Crippen LogP contribution in [0.4, 0.5) is 5.69 Å². The molecule has 0 bridgehead atoms. The molecule has 0 aromatic carbocycles. The molecule has 0 saturated carbocycles. The number of amidine groups is 1. The molecule has 0 fully saturated rings. The maximum Gasteiger partial charge on any atom is 0.166 e. The first-order valence-corrected chi connectivity index (χ1v) is 5.11. The molecule has 1 rings (SSSR count). The Bertz CT molecular complexity index is 329. The monoisotopic (exact) mass is 221 g/mol. The van der Waals surface area contributed by atoms with Crippen molar-refractivity contribution in [3.63, 3.8) is 0 Å². The predicted molar refractivity (Wildman–Crippen MR) is 68.9 cm³/mol. The summed E-state index contributed by atoms with van der Waals surface area (Å²) in [4.78, 5) is 8.13. The molecule has 0 unspecified atom stereocenters. The fourth-order valence-electron chi connectivity index (χ4n) is 0.918. The van der Waals surface area contributed by atoms with E-state index in [0.29, 0.717) is 17.2 Å². The molecule has 5 nitrogen and oxygen atoms in total. The normalized spacial score (nSPS) is 10.1. The van der Waals surface area contributed by atoms with Crippen LogP contribution in [0.1, 0.15) is 19.5 Å². The van der Waals surface area contributed by atoms with Crippen molar-refractivity contribution in [3.05, 3.63) is 36.8 Å². The molecule has 88 valence electrons. The van der Waals surface area contributed by atoms with Gasteiger partial charge in [-0.25, -0.2) is 10.4 Å². The molecule has 0 aliphatic heterocycles. The van der Waals surface area contributed by atoms with Crippen molar-refractivity contribution < 1.29 is 0 Å². The van der Waals surface area contributed by atoms with Crippen LogP contribution in [0.2, 0.25) is 0 Å². The molecule has 0 saturated heterocycles. The van der Waals surface area contributed by atoms with Gasteiger partial charge in [0.1, 0.15) is 5.69 Å². The largest absolute Gasteiger partial charge is 0.397 e. The highest BCUT2D eigenvalue weighted by atomic mass is 15.4. The van der Waals surface area contributed by atoms with Gasteiger partial charge in [-0.05, 0) is 12.1 Å². The van der Waals surface area contributed by atoms with Crippen molar-refractivity contribution in [1.82, 2.24) is 15.8 Å². The van der Waals surface area contributed by atoms with Gasteiger partial charge in [0.25, 0.3) is 0 Å². The van der Waals surface area contributed by atoms with Crippen LogP contribution < -0.4 is 16.6 Å². The van der Waals surface area contributed by atoms with Gasteiger partial charge in [-0.15, -0.1) is 0 Å². The first kappa shape index (κ1) is 14.1. The van der Waals surface area contributed by atoms with Crippen molar-refractivity contribution in [2.45, 2.75) is 13.8 Å². The molecule has 0 amide bonds. The SMILES string of the molecule is C=CN=C(NNC)c1ccc(N)cn1.CC. The molecule has 0 aliphatic rings. The lowest BCUT2D eigenvalue weighted by molar-refractivity contribution is 0.766. The van der Waals surface area contributed by atoms with Gasteiger partial charge in [0.05, 0.1) is 11.9 Å². The minimum Gasteiger partial charge on any atom is -0.397 e. The van der Waals surface area contributed by atoms with Crippen LogP contribution in [0.15, 0.2) is 36.1 Å². The number of nitrogens with one attached hydrogen (secondary N) is 2. The van der Waals surface area contributed by atoms with Crippen LogP contribution in [-0.4, -0.2) is 17.9 Å². The molecular weight excluding hydrogens is 202 g/mol. The van der Waals surface area contributed by atoms with Crippen LogP contribution in [0.3, 0.4) is 0 Å². The lowest BCUT2D eigenvalue weighted by atomic mass is 10.3. The Morgan fingerprint density at radius 1 is 1.50 bits per heavy atom. The van der Waals surface area contributed by atoms with Crippen molar-refractivity contribution in [3.8, 4) is 0 Å². The average Bonchev–Trinajstić information content (AvgIpc) is 2.32. The number of aromatic nitrogens is 1. The minimum atomic E-state index is 0.600. The third-order valence-electron chi connectivity index (χ3n) is 1.49. The maximum atomic E-state index is 5.52. The third-order valence-corrected chi connectivity index (χ3v) is 1.49. The topological polar surface area (TPSA) is 75.3 Å². The Morgan fingerprint density at radius 3 is 2.62 bits per heavy atom. The highest BCUT2D eigenvalue weighted by Crippen LogP contribution is 2.01. The maximum absolute atomic E-state index is 5.52. The zero-order chi connectivity index (χ0) is 12.4. The zero-order valence-corrected chi connectivity index (χ0v) is 9.99. The van der Waals surface area contributed by atoms with Gasteiger partial charge in [0.2, 0.25) is 0 Å². The summed E-state index contributed by atoms with van der Waals surface area (Å²) in [5.41, 5.74) is 12.5. The first-order chi connectivity index (χ1) is 7.77. The molecule has 0 aliphatic carbocycles. The van der Waals surface area contributed by atoms with Crippen LogP contribution in [0.25, 0.3) is 0 Å². The summed E-state index contributed by atoms with van der Waals surface area (Å²) in [6.45, 7) is 7.52. The molecule has 5 heteroatoms. The Balaban J connectivity index is 0.00000106. The molecule has 0 atom stereocenters. The summed E-state index contributed by atoms with van der Waals surface area (Å²) in [6.07, 6.45) is 3.02. The number of hydrazine groups is 1. The number of hydrogen-bond acceptors (Lipinski definition) is 4. The van der Waals surface area contributed by atoms with Gasteiger partial charge in [0, 0.05) is 13.2 Å². The van der Waals surface area contributed by atoms with E-state index in [-0.39, 0.29) is 0 Å². The second-order valence-corrected chi connectivity index (χ2v) is 2.51. The Labute approximate surface area is 96.5 Å². The molecule has 4 N–H and O–H groups in total. The number of hydrogen-bond donors (Lipinski definition) is 3.